The summed E-state index contributed by atoms with van der Waals surface area (Å²) in [4.78, 5) is 49.8. The Kier molecular flexibility index (Phi) is 6.46. The van der Waals surface area contributed by atoms with Gasteiger partial charge in [0, 0.05) is 12.6 Å². The van der Waals surface area contributed by atoms with Crippen molar-refractivity contribution in [2.75, 3.05) is 6.54 Å². The molecule has 0 aromatic carbocycles. The van der Waals surface area contributed by atoms with Crippen molar-refractivity contribution in [1.29, 1.82) is 0 Å². The van der Waals surface area contributed by atoms with Crippen LogP contribution in [0.4, 0.5) is 0 Å². The van der Waals surface area contributed by atoms with Crippen molar-refractivity contribution in [1.82, 2.24) is 9.80 Å². The summed E-state index contributed by atoms with van der Waals surface area (Å²) in [5, 5.41) is 0. The summed E-state index contributed by atoms with van der Waals surface area (Å²) in [5.41, 5.74) is 0.749. The van der Waals surface area contributed by atoms with Crippen molar-refractivity contribution in [2.45, 2.75) is 52.6 Å². The second kappa shape index (κ2) is 7.87. The van der Waals surface area contributed by atoms with Gasteiger partial charge in [0.05, 0.1) is 6.04 Å². The zero-order valence-electron chi connectivity index (χ0n) is 13.6. The van der Waals surface area contributed by atoms with Crippen LogP contribution in [0.2, 0.25) is 0 Å². The molecule has 22 heavy (non-hydrogen) atoms. The van der Waals surface area contributed by atoms with Gasteiger partial charge in [0.2, 0.25) is 12.3 Å². The van der Waals surface area contributed by atoms with Crippen molar-refractivity contribution in [3.63, 3.8) is 0 Å². The quantitative estimate of drug-likeness (QED) is 0.545. The van der Waals surface area contributed by atoms with E-state index in [0.29, 0.717) is 19.4 Å². The smallest absolute Gasteiger partial charge is 0.253 e. The molecule has 3 amide bonds. The molecule has 6 heteroatoms. The summed E-state index contributed by atoms with van der Waals surface area (Å²) in [6.07, 6.45) is 3.87. The molecule has 1 heterocycles. The molecule has 1 aliphatic rings. The Morgan fingerprint density at radius 3 is 2.32 bits per heavy atom. The van der Waals surface area contributed by atoms with Gasteiger partial charge in [-0.05, 0) is 32.6 Å². The molecule has 0 spiro atoms. The van der Waals surface area contributed by atoms with E-state index in [0.717, 1.165) is 23.2 Å². The minimum Gasteiger partial charge on any atom is -0.331 e. The van der Waals surface area contributed by atoms with E-state index >= 15 is 0 Å². The highest BCUT2D eigenvalue weighted by Crippen LogP contribution is 2.21. The molecule has 0 radical (unpaired) electrons. The lowest BCUT2D eigenvalue weighted by Crippen LogP contribution is -2.54. The Labute approximate surface area is 131 Å². The number of nitrogens with zero attached hydrogens (tertiary/aromatic N) is 2. The summed E-state index contributed by atoms with van der Waals surface area (Å²) >= 11 is 0. The zero-order valence-corrected chi connectivity index (χ0v) is 13.6. The number of likely N-dealkylation sites (tertiary alicyclic amines) is 1. The number of imide groups is 1. The third kappa shape index (κ3) is 4.02. The van der Waals surface area contributed by atoms with E-state index in [4.69, 9.17) is 0 Å². The average Bonchev–Trinajstić information content (AvgIpc) is 2.90. The van der Waals surface area contributed by atoms with E-state index in [9.17, 15) is 19.2 Å². The Morgan fingerprint density at radius 1 is 1.23 bits per heavy atom. The average molecular weight is 308 g/mol. The lowest BCUT2D eigenvalue weighted by molar-refractivity contribution is -0.150. The summed E-state index contributed by atoms with van der Waals surface area (Å²) in [6, 6.07) is -1.35. The highest BCUT2D eigenvalue weighted by atomic mass is 16.2. The molecule has 2 atom stereocenters. The molecule has 0 aliphatic carbocycles. The summed E-state index contributed by atoms with van der Waals surface area (Å²) in [7, 11) is 0. The van der Waals surface area contributed by atoms with Crippen molar-refractivity contribution in [3.8, 4) is 0 Å². The molecular formula is C16H24N2O4. The fourth-order valence-electron chi connectivity index (χ4n) is 2.68. The van der Waals surface area contributed by atoms with Crippen LogP contribution in [0.3, 0.4) is 0 Å². The van der Waals surface area contributed by atoms with E-state index in [1.807, 2.05) is 0 Å². The molecule has 1 aliphatic heterocycles. The van der Waals surface area contributed by atoms with Crippen molar-refractivity contribution in [3.05, 3.63) is 11.6 Å². The molecule has 6 nitrogen and oxygen atoms in total. The third-order valence-corrected chi connectivity index (χ3v) is 3.70. The van der Waals surface area contributed by atoms with Crippen molar-refractivity contribution >= 4 is 24.5 Å². The maximum Gasteiger partial charge on any atom is 0.253 e. The summed E-state index contributed by atoms with van der Waals surface area (Å²) in [6.45, 7) is 7.53. The Bertz CT molecular complexity index is 481. The number of hydrogen-bond acceptors (Lipinski definition) is 4. The summed E-state index contributed by atoms with van der Waals surface area (Å²) < 4.78 is 0. The first-order chi connectivity index (χ1) is 10.3. The van der Waals surface area contributed by atoms with Gasteiger partial charge in [0.1, 0.15) is 12.3 Å². The van der Waals surface area contributed by atoms with Gasteiger partial charge in [-0.25, -0.2) is 0 Å². The Hall–Kier alpha value is -1.98. The second-order valence-corrected chi connectivity index (χ2v) is 6.14. The number of hydrogen-bond donors (Lipinski definition) is 0. The first-order valence-electron chi connectivity index (χ1n) is 7.51. The topological polar surface area (TPSA) is 74.8 Å². The van der Waals surface area contributed by atoms with Crippen molar-refractivity contribution < 1.29 is 19.2 Å². The number of carbonyl (C=O) groups is 4. The van der Waals surface area contributed by atoms with E-state index in [1.165, 1.54) is 11.0 Å². The van der Waals surface area contributed by atoms with Gasteiger partial charge in [-0.15, -0.1) is 0 Å². The number of allylic oxidation sites excluding steroid dienone is 1. The molecule has 1 unspecified atom stereocenters. The van der Waals surface area contributed by atoms with Crippen LogP contribution in [0.15, 0.2) is 11.6 Å². The lowest BCUT2D eigenvalue weighted by Gasteiger charge is -2.33. The molecule has 0 saturated carbocycles. The van der Waals surface area contributed by atoms with Crippen LogP contribution < -0.4 is 0 Å². The molecule has 0 bridgehead atoms. The van der Waals surface area contributed by atoms with Gasteiger partial charge < -0.3 is 9.69 Å². The molecule has 0 aromatic heterocycles. The van der Waals surface area contributed by atoms with Crippen LogP contribution in [-0.4, -0.2) is 52.9 Å². The van der Waals surface area contributed by atoms with Gasteiger partial charge in [-0.1, -0.05) is 19.4 Å². The first-order valence-corrected chi connectivity index (χ1v) is 7.51. The fraction of sp³-hybridized carbons (Fsp3) is 0.625. The SMILES string of the molecule is CC(C)=CC(=O)N(C=O)[C@H](C(=O)N1CCCC1C=O)C(C)C. The van der Waals surface area contributed by atoms with E-state index in [-0.39, 0.29) is 11.8 Å². The van der Waals surface area contributed by atoms with Crippen LogP contribution in [0.25, 0.3) is 0 Å². The molecule has 1 fully saturated rings. The van der Waals surface area contributed by atoms with Crippen LogP contribution in [0.1, 0.15) is 40.5 Å². The van der Waals surface area contributed by atoms with Gasteiger partial charge in [0.15, 0.2) is 0 Å². The molecule has 122 valence electrons. The molecule has 1 rings (SSSR count). The normalized spacial score (nSPS) is 18.8. The molecule has 0 aromatic rings. The predicted molar refractivity (Wildman–Crippen MR) is 81.8 cm³/mol. The molecular weight excluding hydrogens is 284 g/mol. The van der Waals surface area contributed by atoms with E-state index in [1.54, 1.807) is 27.7 Å². The first kappa shape index (κ1) is 18.1. The maximum absolute atomic E-state index is 12.7. The van der Waals surface area contributed by atoms with Crippen LogP contribution in [-0.2, 0) is 19.2 Å². The van der Waals surface area contributed by atoms with Crippen molar-refractivity contribution in [2.24, 2.45) is 5.92 Å². The molecule has 1 saturated heterocycles. The Balaban J connectivity index is 3.07. The highest BCUT2D eigenvalue weighted by molar-refractivity contribution is 6.00. The minimum absolute atomic E-state index is 0.236. The second-order valence-electron chi connectivity index (χ2n) is 6.14. The zero-order chi connectivity index (χ0) is 16.9. The monoisotopic (exact) mass is 308 g/mol. The standard InChI is InChI=1S/C16H24N2O4/c1-11(2)8-14(21)18(10-20)15(12(3)4)16(22)17-7-5-6-13(17)9-19/h8-10,12-13,15H,5-7H2,1-4H3/t13?,15-/m0/s1. The number of carbonyl (C=O) groups excluding carboxylic acids is 4. The van der Waals surface area contributed by atoms with Crippen LogP contribution in [0, 0.1) is 5.92 Å². The summed E-state index contributed by atoms with van der Waals surface area (Å²) in [5.74, 6) is -1.09. The molecule has 0 N–H and O–H groups in total. The largest absolute Gasteiger partial charge is 0.331 e. The number of amides is 3. The van der Waals surface area contributed by atoms with Gasteiger partial charge in [-0.3, -0.25) is 19.3 Å². The Morgan fingerprint density at radius 2 is 1.86 bits per heavy atom. The van der Waals surface area contributed by atoms with E-state index < -0.39 is 18.0 Å². The number of aldehydes is 1. The highest BCUT2D eigenvalue weighted by Gasteiger charge is 2.38. The maximum atomic E-state index is 12.7. The van der Waals surface area contributed by atoms with Gasteiger partial charge in [-0.2, -0.15) is 0 Å². The number of rotatable bonds is 6. The minimum atomic E-state index is -0.888. The van der Waals surface area contributed by atoms with Gasteiger partial charge >= 0.3 is 0 Å². The van der Waals surface area contributed by atoms with E-state index in [2.05, 4.69) is 0 Å². The lowest BCUT2D eigenvalue weighted by atomic mass is 10.0. The van der Waals surface area contributed by atoms with Crippen LogP contribution in [0.5, 0.6) is 0 Å². The fourth-order valence-corrected chi connectivity index (χ4v) is 2.68. The third-order valence-electron chi connectivity index (χ3n) is 3.70. The predicted octanol–water partition coefficient (Wildman–Crippen LogP) is 1.15. The van der Waals surface area contributed by atoms with Gasteiger partial charge in [0.25, 0.3) is 5.91 Å². The van der Waals surface area contributed by atoms with Crippen LogP contribution >= 0.6 is 0 Å².